The van der Waals surface area contributed by atoms with E-state index in [0.29, 0.717) is 19.2 Å². The molecule has 0 saturated carbocycles. The van der Waals surface area contributed by atoms with Gasteiger partial charge in [-0.15, -0.1) is 0 Å². The molecule has 112 valence electrons. The molecule has 0 bridgehead atoms. The monoisotopic (exact) mass is 284 g/mol. The minimum absolute atomic E-state index is 0.0647. The van der Waals surface area contributed by atoms with Gasteiger partial charge in [-0.25, -0.2) is 8.78 Å². The molecule has 1 fully saturated rings. The lowest BCUT2D eigenvalue weighted by molar-refractivity contribution is -0.0621. The molecular formula is C15H22F2N2O. The summed E-state index contributed by atoms with van der Waals surface area (Å²) < 4.78 is 32.3. The molecule has 2 unspecified atom stereocenters. The molecular weight excluding hydrogens is 262 g/mol. The maximum Gasteiger partial charge on any atom is 0.159 e. The zero-order chi connectivity index (χ0) is 14.7. The largest absolute Gasteiger partial charge is 0.374 e. The quantitative estimate of drug-likeness (QED) is 0.918. The fourth-order valence-corrected chi connectivity index (χ4v) is 2.55. The highest BCUT2D eigenvalue weighted by Crippen LogP contribution is 2.29. The van der Waals surface area contributed by atoms with Crippen LogP contribution in [0, 0.1) is 11.6 Å². The zero-order valence-electron chi connectivity index (χ0n) is 12.2. The standard InChI is InChI=1S/C15H22F2N2O/c1-10(2)18-9-14-15(19(3)6-7-20-14)11-4-5-12(16)13(17)8-11/h4-5,8,10,14-15,18H,6-7,9H2,1-3H3. The van der Waals surface area contributed by atoms with E-state index in [2.05, 4.69) is 24.1 Å². The number of rotatable bonds is 4. The molecule has 1 saturated heterocycles. The average molecular weight is 284 g/mol. The summed E-state index contributed by atoms with van der Waals surface area (Å²) in [6.07, 6.45) is -0.0685. The van der Waals surface area contributed by atoms with Gasteiger partial charge in [-0.2, -0.15) is 0 Å². The van der Waals surface area contributed by atoms with E-state index in [0.717, 1.165) is 12.1 Å². The van der Waals surface area contributed by atoms with Crippen molar-refractivity contribution >= 4 is 0 Å². The highest BCUT2D eigenvalue weighted by Gasteiger charge is 2.31. The molecule has 1 N–H and O–H groups in total. The molecule has 1 aliphatic heterocycles. The fourth-order valence-electron chi connectivity index (χ4n) is 2.55. The third-order valence-electron chi connectivity index (χ3n) is 3.62. The summed E-state index contributed by atoms with van der Waals surface area (Å²) in [7, 11) is 1.98. The molecule has 0 spiro atoms. The lowest BCUT2D eigenvalue weighted by atomic mass is 9.98. The van der Waals surface area contributed by atoms with Crippen molar-refractivity contribution < 1.29 is 13.5 Å². The van der Waals surface area contributed by atoms with E-state index >= 15 is 0 Å². The topological polar surface area (TPSA) is 24.5 Å². The zero-order valence-corrected chi connectivity index (χ0v) is 12.2. The van der Waals surface area contributed by atoms with Crippen molar-refractivity contribution in [1.82, 2.24) is 10.2 Å². The summed E-state index contributed by atoms with van der Waals surface area (Å²) in [6, 6.07) is 4.38. The number of hydrogen-bond acceptors (Lipinski definition) is 3. The maximum absolute atomic E-state index is 13.5. The third-order valence-corrected chi connectivity index (χ3v) is 3.62. The van der Waals surface area contributed by atoms with E-state index in [-0.39, 0.29) is 12.1 Å². The Labute approximate surface area is 118 Å². The Morgan fingerprint density at radius 3 is 2.75 bits per heavy atom. The number of likely N-dealkylation sites (N-methyl/N-ethyl adjacent to an activating group) is 1. The SMILES string of the molecule is CC(C)NCC1OCCN(C)C1c1ccc(F)c(F)c1. The van der Waals surface area contributed by atoms with Crippen LogP contribution in [0.3, 0.4) is 0 Å². The van der Waals surface area contributed by atoms with Gasteiger partial charge in [-0.3, -0.25) is 4.90 Å². The van der Waals surface area contributed by atoms with Crippen LogP contribution in [0.2, 0.25) is 0 Å². The summed E-state index contributed by atoms with van der Waals surface area (Å²) in [6.45, 7) is 6.26. The summed E-state index contributed by atoms with van der Waals surface area (Å²) in [5.41, 5.74) is 0.752. The Balaban J connectivity index is 2.20. The van der Waals surface area contributed by atoms with Crippen LogP contribution in [0.1, 0.15) is 25.5 Å². The van der Waals surface area contributed by atoms with Gasteiger partial charge in [0.15, 0.2) is 11.6 Å². The molecule has 0 aromatic heterocycles. The van der Waals surface area contributed by atoms with Crippen LogP contribution in [0.15, 0.2) is 18.2 Å². The van der Waals surface area contributed by atoms with Crippen LogP contribution in [0.4, 0.5) is 8.78 Å². The molecule has 2 rings (SSSR count). The van der Waals surface area contributed by atoms with Gasteiger partial charge in [0.2, 0.25) is 0 Å². The molecule has 1 aliphatic rings. The first kappa shape index (κ1) is 15.4. The molecule has 20 heavy (non-hydrogen) atoms. The second-order valence-electron chi connectivity index (χ2n) is 5.57. The Morgan fingerprint density at radius 1 is 1.35 bits per heavy atom. The summed E-state index contributed by atoms with van der Waals surface area (Å²) in [5.74, 6) is -1.62. The lowest BCUT2D eigenvalue weighted by Gasteiger charge is -2.39. The molecule has 0 amide bonds. The molecule has 2 atom stereocenters. The molecule has 1 aromatic carbocycles. The number of nitrogens with zero attached hydrogens (tertiary/aromatic N) is 1. The minimum atomic E-state index is -0.815. The predicted octanol–water partition coefficient (Wildman–Crippen LogP) is 2.33. The first-order valence-corrected chi connectivity index (χ1v) is 6.99. The van der Waals surface area contributed by atoms with Gasteiger partial charge in [0.05, 0.1) is 18.8 Å². The minimum Gasteiger partial charge on any atom is -0.374 e. The van der Waals surface area contributed by atoms with Crippen LogP contribution >= 0.6 is 0 Å². The smallest absolute Gasteiger partial charge is 0.159 e. The Morgan fingerprint density at radius 2 is 2.10 bits per heavy atom. The third kappa shape index (κ3) is 3.53. The molecule has 1 aromatic rings. The van der Waals surface area contributed by atoms with Gasteiger partial charge in [0.25, 0.3) is 0 Å². The normalized spacial score (nSPS) is 24.3. The molecule has 5 heteroatoms. The Bertz CT molecular complexity index is 453. The number of benzene rings is 1. The summed E-state index contributed by atoms with van der Waals surface area (Å²) >= 11 is 0. The van der Waals surface area contributed by atoms with Crippen molar-refractivity contribution in [1.29, 1.82) is 0 Å². The number of hydrogen-bond donors (Lipinski definition) is 1. The van der Waals surface area contributed by atoms with Gasteiger partial charge < -0.3 is 10.1 Å². The van der Waals surface area contributed by atoms with E-state index in [4.69, 9.17) is 4.74 Å². The van der Waals surface area contributed by atoms with E-state index < -0.39 is 11.6 Å². The van der Waals surface area contributed by atoms with Gasteiger partial charge in [0, 0.05) is 19.1 Å². The Hall–Kier alpha value is -1.04. The van der Waals surface area contributed by atoms with Crippen molar-refractivity contribution in [3.05, 3.63) is 35.4 Å². The number of halogens is 2. The summed E-state index contributed by atoms with van der Waals surface area (Å²) in [5, 5.41) is 3.34. The van der Waals surface area contributed by atoms with Crippen molar-refractivity contribution in [3.8, 4) is 0 Å². The number of ether oxygens (including phenoxy) is 1. The average Bonchev–Trinajstić information content (AvgIpc) is 2.40. The van der Waals surface area contributed by atoms with E-state index in [1.54, 1.807) is 6.07 Å². The second-order valence-corrected chi connectivity index (χ2v) is 5.57. The fraction of sp³-hybridized carbons (Fsp3) is 0.600. The van der Waals surface area contributed by atoms with Crippen molar-refractivity contribution in [2.75, 3.05) is 26.7 Å². The molecule has 0 radical (unpaired) electrons. The van der Waals surface area contributed by atoms with Crippen LogP contribution in [-0.4, -0.2) is 43.8 Å². The van der Waals surface area contributed by atoms with E-state index in [1.165, 1.54) is 12.1 Å². The van der Waals surface area contributed by atoms with E-state index in [9.17, 15) is 8.78 Å². The van der Waals surface area contributed by atoms with Crippen LogP contribution < -0.4 is 5.32 Å². The van der Waals surface area contributed by atoms with E-state index in [1.807, 2.05) is 7.05 Å². The Kier molecular flexibility index (Phi) is 5.07. The van der Waals surface area contributed by atoms with Gasteiger partial charge >= 0.3 is 0 Å². The highest BCUT2D eigenvalue weighted by atomic mass is 19.2. The second kappa shape index (κ2) is 6.61. The van der Waals surface area contributed by atoms with Crippen molar-refractivity contribution in [2.45, 2.75) is 32.0 Å². The molecule has 3 nitrogen and oxygen atoms in total. The summed E-state index contributed by atoms with van der Waals surface area (Å²) in [4.78, 5) is 2.13. The molecule has 1 heterocycles. The predicted molar refractivity (Wildman–Crippen MR) is 74.6 cm³/mol. The van der Waals surface area contributed by atoms with Crippen LogP contribution in [-0.2, 0) is 4.74 Å². The molecule has 0 aliphatic carbocycles. The first-order valence-electron chi connectivity index (χ1n) is 6.99. The van der Waals surface area contributed by atoms with Gasteiger partial charge in [-0.05, 0) is 24.7 Å². The van der Waals surface area contributed by atoms with Crippen molar-refractivity contribution in [3.63, 3.8) is 0 Å². The number of nitrogens with one attached hydrogen (secondary N) is 1. The van der Waals surface area contributed by atoms with Gasteiger partial charge in [-0.1, -0.05) is 19.9 Å². The van der Waals surface area contributed by atoms with Crippen LogP contribution in [0.5, 0.6) is 0 Å². The van der Waals surface area contributed by atoms with Gasteiger partial charge in [0.1, 0.15) is 0 Å². The maximum atomic E-state index is 13.5. The lowest BCUT2D eigenvalue weighted by Crippen LogP contribution is -2.48. The highest BCUT2D eigenvalue weighted by molar-refractivity contribution is 5.23. The van der Waals surface area contributed by atoms with Crippen molar-refractivity contribution in [2.24, 2.45) is 0 Å². The number of morpholine rings is 1. The van der Waals surface area contributed by atoms with Crippen LogP contribution in [0.25, 0.3) is 0 Å². The first-order chi connectivity index (χ1) is 9.49.